The van der Waals surface area contributed by atoms with E-state index in [1.807, 2.05) is 0 Å². The normalized spacial score (nSPS) is 12.9. The van der Waals surface area contributed by atoms with Gasteiger partial charge in [0.1, 0.15) is 17.2 Å². The zero-order chi connectivity index (χ0) is 49.7. The first-order valence-electron chi connectivity index (χ1n) is 21.3. The molecule has 362 valence electrons. The highest BCUT2D eigenvalue weighted by molar-refractivity contribution is 6.04. The van der Waals surface area contributed by atoms with Gasteiger partial charge in [0.25, 0.3) is 11.8 Å². The van der Waals surface area contributed by atoms with Crippen LogP contribution in [0.5, 0.6) is 0 Å². The number of hydrogen-bond donors (Lipinski definition) is 6. The lowest BCUT2D eigenvalue weighted by molar-refractivity contribution is -0.128. The van der Waals surface area contributed by atoms with E-state index in [1.54, 1.807) is 101 Å². The Balaban J connectivity index is 1.01. The molecule has 6 N–H and O–H groups in total. The van der Waals surface area contributed by atoms with Gasteiger partial charge in [-0.15, -0.1) is 0 Å². The van der Waals surface area contributed by atoms with Gasteiger partial charge in [-0.1, -0.05) is 0 Å². The first-order chi connectivity index (χ1) is 32.0. The Morgan fingerprint density at radius 3 is 1.63 bits per heavy atom. The topological polar surface area (TPSA) is 294 Å². The van der Waals surface area contributed by atoms with Crippen LogP contribution >= 0.6 is 0 Å². The monoisotopic (exact) mass is 941 g/mol. The van der Waals surface area contributed by atoms with Gasteiger partial charge in [-0.2, -0.15) is 0 Å². The Kier molecular flexibility index (Phi) is 14.5. The fourth-order valence-electron chi connectivity index (χ4n) is 7.32. The summed E-state index contributed by atoms with van der Waals surface area (Å²) in [6.07, 6.45) is 7.92. The minimum Gasteiger partial charge on any atom is -0.460 e. The summed E-state index contributed by atoms with van der Waals surface area (Å²) in [5, 5.41) is 16.3. The summed E-state index contributed by atoms with van der Waals surface area (Å²) in [5.41, 5.74) is -1.01. The Labute approximate surface area is 389 Å². The van der Waals surface area contributed by atoms with E-state index < -0.39 is 58.5 Å². The number of aryl methyl sites for hydroxylation is 5. The van der Waals surface area contributed by atoms with Crippen molar-refractivity contribution in [3.63, 3.8) is 0 Å². The maximum atomic E-state index is 13.6. The van der Waals surface area contributed by atoms with E-state index in [1.165, 1.54) is 38.7 Å². The number of aromatic nitrogens is 8. The van der Waals surface area contributed by atoms with Crippen LogP contribution in [0.15, 0.2) is 49.3 Å². The molecule has 0 spiro atoms. The van der Waals surface area contributed by atoms with Crippen LogP contribution in [0.1, 0.15) is 85.2 Å². The summed E-state index contributed by atoms with van der Waals surface area (Å²) in [7, 11) is 8.16. The van der Waals surface area contributed by atoms with Crippen molar-refractivity contribution in [3.8, 4) is 0 Å². The first kappa shape index (κ1) is 49.2. The van der Waals surface area contributed by atoms with Crippen LogP contribution in [0.3, 0.4) is 0 Å². The van der Waals surface area contributed by atoms with Crippen molar-refractivity contribution < 1.29 is 47.8 Å². The summed E-state index contributed by atoms with van der Waals surface area (Å²) >= 11 is 0. The quantitative estimate of drug-likeness (QED) is 0.0732. The second kappa shape index (κ2) is 20.1. The molecule has 6 rings (SSSR count). The molecule has 0 bridgehead atoms. The maximum Gasteiger partial charge on any atom is 0.410 e. The van der Waals surface area contributed by atoms with Crippen LogP contribution in [0.25, 0.3) is 0 Å². The van der Waals surface area contributed by atoms with Gasteiger partial charge in [-0.05, 0) is 27.7 Å². The molecule has 6 heterocycles. The number of amides is 7. The highest BCUT2D eigenvalue weighted by Crippen LogP contribution is 2.39. The second-order valence-corrected chi connectivity index (χ2v) is 17.4. The first-order valence-corrected chi connectivity index (χ1v) is 21.3. The molecular formula is C43H55N15O10. The van der Waals surface area contributed by atoms with Crippen molar-refractivity contribution in [1.29, 1.82) is 0 Å². The van der Waals surface area contributed by atoms with Gasteiger partial charge in [-0.25, -0.2) is 24.5 Å². The van der Waals surface area contributed by atoms with Gasteiger partial charge in [-0.3, -0.25) is 28.8 Å². The molecule has 0 aliphatic carbocycles. The number of carbonyl (C=O) groups is 8. The zero-order valence-corrected chi connectivity index (χ0v) is 39.2. The summed E-state index contributed by atoms with van der Waals surface area (Å²) in [5.74, 6) is -2.61. The fraction of sp³-hybridized carbons (Fsp3) is 0.419. The Morgan fingerprint density at radius 1 is 0.618 bits per heavy atom. The molecule has 1 saturated heterocycles. The number of rotatable bonds is 17. The smallest absolute Gasteiger partial charge is 0.410 e. The number of esters is 1. The molecule has 0 radical (unpaired) electrons. The average Bonchev–Trinajstić information content (AvgIpc) is 4.05. The largest absolute Gasteiger partial charge is 0.460 e. The van der Waals surface area contributed by atoms with Crippen molar-refractivity contribution in [1.82, 2.24) is 42.7 Å². The number of hydrogen-bond acceptors (Lipinski definition) is 13. The highest BCUT2D eigenvalue weighted by Gasteiger charge is 2.49. The van der Waals surface area contributed by atoms with Crippen molar-refractivity contribution in [2.75, 3.05) is 51.6 Å². The molecular weight excluding hydrogens is 887 g/mol. The van der Waals surface area contributed by atoms with Gasteiger partial charge in [0.15, 0.2) is 17.5 Å². The number of nitrogens with zero attached hydrogens (tertiary/aromatic N) is 9. The molecule has 0 atom stereocenters. The molecule has 0 aromatic carbocycles. The van der Waals surface area contributed by atoms with Crippen molar-refractivity contribution in [2.24, 2.45) is 40.7 Å². The SMILES string of the molecule is CCOC(=O)c1nc(NC(=O)CC2(CC(=O)Nc3cc(NC(=O)c4nc(NC(=O)CCC(=O)Nc5cc(NC(=O)c6nccn6C)cn5C)cn4C)cn3C)CN(C(=O)OC(C)(C)C)C2)cn1C. The van der Waals surface area contributed by atoms with Crippen LogP contribution in [-0.4, -0.2) is 115 Å². The summed E-state index contributed by atoms with van der Waals surface area (Å²) < 4.78 is 18.1. The molecule has 0 saturated carbocycles. The molecule has 7 amide bonds. The van der Waals surface area contributed by atoms with Crippen molar-refractivity contribution in [2.45, 2.75) is 59.0 Å². The third kappa shape index (κ3) is 12.3. The maximum absolute atomic E-state index is 13.6. The summed E-state index contributed by atoms with van der Waals surface area (Å²) in [4.78, 5) is 117. The van der Waals surface area contributed by atoms with Crippen molar-refractivity contribution >= 4 is 82.2 Å². The number of nitrogens with one attached hydrogen (secondary N) is 6. The molecule has 1 aliphatic heterocycles. The van der Waals surface area contributed by atoms with Gasteiger partial charge >= 0.3 is 12.1 Å². The van der Waals surface area contributed by atoms with E-state index in [0.29, 0.717) is 23.0 Å². The lowest BCUT2D eigenvalue weighted by atomic mass is 9.73. The van der Waals surface area contributed by atoms with Gasteiger partial charge in [0.05, 0.1) is 18.0 Å². The molecule has 68 heavy (non-hydrogen) atoms. The Morgan fingerprint density at radius 2 is 1.10 bits per heavy atom. The van der Waals surface area contributed by atoms with Crippen LogP contribution in [0, 0.1) is 5.41 Å². The summed E-state index contributed by atoms with van der Waals surface area (Å²) in [6.45, 7) is 7.08. The minimum atomic E-state index is -0.987. The Bertz CT molecular complexity index is 2760. The highest BCUT2D eigenvalue weighted by atomic mass is 16.6. The lowest BCUT2D eigenvalue weighted by Crippen LogP contribution is -2.61. The number of imidazole rings is 3. The number of likely N-dealkylation sites (tertiary alicyclic amines) is 1. The fourth-order valence-corrected chi connectivity index (χ4v) is 7.32. The lowest BCUT2D eigenvalue weighted by Gasteiger charge is -2.49. The van der Waals surface area contributed by atoms with E-state index in [-0.39, 0.29) is 74.5 Å². The standard InChI is InChI=1S/C43H55N15O10/c1-10-67-40(65)37-50-28(22-57(37)9)48-33(61)17-43(23-58(24-43)41(66)68-42(2,3)4)18-34(62)52-30-16-26(20-55(30)7)46-39(64)36-49-27(21-56(36)8)47-31(59)11-12-32(60)51-29-15-25(19-54(29)6)45-38(63)35-44-13-14-53(35)5/h13-16,19-22H,10-12,17-18,23-24H2,1-9H3,(H,45,63)(H,46,64)(H,47,59)(H,48,61)(H,51,60)(H,52,62). The molecule has 25 heteroatoms. The van der Waals surface area contributed by atoms with Gasteiger partial charge < -0.3 is 69.1 Å². The summed E-state index contributed by atoms with van der Waals surface area (Å²) in [6, 6.07) is 3.10. The van der Waals surface area contributed by atoms with E-state index in [9.17, 15) is 38.4 Å². The van der Waals surface area contributed by atoms with E-state index >= 15 is 0 Å². The molecule has 0 unspecified atom stereocenters. The molecule has 25 nitrogen and oxygen atoms in total. The minimum absolute atomic E-state index is 0.00808. The van der Waals surface area contributed by atoms with Crippen LogP contribution in [-0.2, 0) is 63.9 Å². The van der Waals surface area contributed by atoms with Crippen molar-refractivity contribution in [3.05, 3.63) is 66.8 Å². The second-order valence-electron chi connectivity index (χ2n) is 17.4. The van der Waals surface area contributed by atoms with E-state index in [4.69, 9.17) is 9.47 Å². The number of ether oxygens (including phenoxy) is 2. The third-order valence-corrected chi connectivity index (χ3v) is 10.4. The molecule has 5 aromatic heterocycles. The molecule has 1 fully saturated rings. The predicted molar refractivity (Wildman–Crippen MR) is 246 cm³/mol. The van der Waals surface area contributed by atoms with Gasteiger partial charge in [0, 0.05) is 129 Å². The number of carbonyl (C=O) groups excluding carboxylic acids is 8. The van der Waals surface area contributed by atoms with Crippen LogP contribution < -0.4 is 31.9 Å². The number of anilines is 6. The van der Waals surface area contributed by atoms with Gasteiger partial charge in [0.2, 0.25) is 35.3 Å². The zero-order valence-electron chi connectivity index (χ0n) is 39.2. The molecule has 1 aliphatic rings. The van der Waals surface area contributed by atoms with Crippen LogP contribution in [0.2, 0.25) is 0 Å². The average molecular weight is 942 g/mol. The third-order valence-electron chi connectivity index (χ3n) is 10.4. The molecule has 5 aromatic rings. The van der Waals surface area contributed by atoms with E-state index in [2.05, 4.69) is 46.9 Å². The van der Waals surface area contributed by atoms with E-state index in [0.717, 1.165) is 0 Å². The predicted octanol–water partition coefficient (Wildman–Crippen LogP) is 3.20. The Hall–Kier alpha value is -8.25. The van der Waals surface area contributed by atoms with Crippen LogP contribution in [0.4, 0.5) is 39.4 Å².